The van der Waals surface area contributed by atoms with Crippen LogP contribution < -0.4 is 11.2 Å². The van der Waals surface area contributed by atoms with E-state index in [0.717, 1.165) is 0 Å². The topological polar surface area (TPSA) is 105 Å². The van der Waals surface area contributed by atoms with Gasteiger partial charge in [-0.25, -0.2) is 4.79 Å². The van der Waals surface area contributed by atoms with Crippen LogP contribution in [-0.2, 0) is 4.74 Å². The molecule has 3 N–H and O–H groups in total. The number of aromatic amines is 1. The predicted octanol–water partition coefficient (Wildman–Crippen LogP) is -1.47. The zero-order valence-corrected chi connectivity index (χ0v) is 10.00. The Balaban J connectivity index is 2.31. The van der Waals surface area contributed by atoms with Crippen molar-refractivity contribution in [3.05, 3.63) is 32.6 Å². The smallest absolute Gasteiger partial charge is 0.328 e. The fraction of sp³-hybridized carbons (Fsp3) is 0.636. The van der Waals surface area contributed by atoms with E-state index < -0.39 is 29.5 Å². The standard InChI is InChI=1S/C11H16N2O5/c1-6-4-13(11(17)12-10(6)16)7-5-18-8(2-3-14)9(7)15/h4,7-9,14-15H,2-3,5H2,1H3,(H,12,16,17)/t7-,8-,9+/m1/s1. The Morgan fingerprint density at radius 2 is 2.28 bits per heavy atom. The molecule has 100 valence electrons. The zero-order chi connectivity index (χ0) is 13.3. The van der Waals surface area contributed by atoms with Crippen LogP contribution in [0.25, 0.3) is 0 Å². The van der Waals surface area contributed by atoms with Crippen LogP contribution in [0.1, 0.15) is 18.0 Å². The highest BCUT2D eigenvalue weighted by molar-refractivity contribution is 5.03. The number of ether oxygens (including phenoxy) is 1. The lowest BCUT2D eigenvalue weighted by Crippen LogP contribution is -2.38. The summed E-state index contributed by atoms with van der Waals surface area (Å²) in [5.74, 6) is 0. The van der Waals surface area contributed by atoms with Crippen LogP contribution in [0, 0.1) is 6.92 Å². The van der Waals surface area contributed by atoms with Gasteiger partial charge in [0.25, 0.3) is 5.56 Å². The Hall–Kier alpha value is -1.44. The van der Waals surface area contributed by atoms with Gasteiger partial charge in [0.2, 0.25) is 0 Å². The highest BCUT2D eigenvalue weighted by atomic mass is 16.5. The second-order valence-electron chi connectivity index (χ2n) is 4.42. The first-order chi connectivity index (χ1) is 8.54. The van der Waals surface area contributed by atoms with E-state index in [2.05, 4.69) is 4.98 Å². The van der Waals surface area contributed by atoms with Crippen molar-refractivity contribution in [2.24, 2.45) is 0 Å². The van der Waals surface area contributed by atoms with Crippen LogP contribution in [0.4, 0.5) is 0 Å². The average Bonchev–Trinajstić information content (AvgIpc) is 2.67. The fourth-order valence-electron chi connectivity index (χ4n) is 2.13. The minimum Gasteiger partial charge on any atom is -0.396 e. The number of aryl methyl sites for hydroxylation is 1. The highest BCUT2D eigenvalue weighted by Gasteiger charge is 2.37. The lowest BCUT2D eigenvalue weighted by atomic mass is 10.1. The lowest BCUT2D eigenvalue weighted by Gasteiger charge is -2.18. The molecule has 0 aromatic carbocycles. The summed E-state index contributed by atoms with van der Waals surface area (Å²) in [5, 5.41) is 18.9. The molecule has 0 spiro atoms. The number of aromatic nitrogens is 2. The maximum Gasteiger partial charge on any atom is 0.328 e. The van der Waals surface area contributed by atoms with Crippen molar-refractivity contribution in [1.29, 1.82) is 0 Å². The summed E-state index contributed by atoms with van der Waals surface area (Å²) in [7, 11) is 0. The van der Waals surface area contributed by atoms with E-state index in [1.54, 1.807) is 6.92 Å². The van der Waals surface area contributed by atoms with Gasteiger partial charge < -0.3 is 14.9 Å². The molecule has 2 rings (SSSR count). The molecule has 1 saturated heterocycles. The number of aliphatic hydroxyl groups excluding tert-OH is 2. The lowest BCUT2D eigenvalue weighted by molar-refractivity contribution is 0.0231. The van der Waals surface area contributed by atoms with Gasteiger partial charge in [0.1, 0.15) is 6.10 Å². The third kappa shape index (κ3) is 2.24. The van der Waals surface area contributed by atoms with E-state index in [1.165, 1.54) is 10.8 Å². The van der Waals surface area contributed by atoms with Gasteiger partial charge in [-0.05, 0) is 13.3 Å². The first kappa shape index (κ1) is 13.0. The molecule has 1 aliphatic heterocycles. The second kappa shape index (κ2) is 5.05. The molecule has 0 unspecified atom stereocenters. The summed E-state index contributed by atoms with van der Waals surface area (Å²) < 4.78 is 6.61. The van der Waals surface area contributed by atoms with E-state index >= 15 is 0 Å². The number of H-pyrrole nitrogens is 1. The van der Waals surface area contributed by atoms with Crippen LogP contribution in [0.5, 0.6) is 0 Å². The summed E-state index contributed by atoms with van der Waals surface area (Å²) in [5.41, 5.74) is -0.605. The van der Waals surface area contributed by atoms with Gasteiger partial charge >= 0.3 is 5.69 Å². The summed E-state index contributed by atoms with van der Waals surface area (Å²) in [6, 6.07) is -0.537. The average molecular weight is 256 g/mol. The maximum absolute atomic E-state index is 11.7. The minimum absolute atomic E-state index is 0.0893. The Bertz CT molecular complexity index is 535. The first-order valence-corrected chi connectivity index (χ1v) is 5.77. The van der Waals surface area contributed by atoms with Crippen LogP contribution in [0.15, 0.2) is 15.8 Å². The molecule has 0 saturated carbocycles. The first-order valence-electron chi connectivity index (χ1n) is 5.77. The van der Waals surface area contributed by atoms with E-state index in [4.69, 9.17) is 9.84 Å². The van der Waals surface area contributed by atoms with Crippen molar-refractivity contribution in [2.45, 2.75) is 31.6 Å². The third-order valence-electron chi connectivity index (χ3n) is 3.17. The second-order valence-corrected chi connectivity index (χ2v) is 4.42. The van der Waals surface area contributed by atoms with E-state index in [9.17, 15) is 14.7 Å². The monoisotopic (exact) mass is 256 g/mol. The molecule has 2 heterocycles. The molecule has 1 aromatic rings. The normalized spacial score (nSPS) is 27.6. The number of aliphatic hydroxyl groups is 2. The van der Waals surface area contributed by atoms with Crippen molar-refractivity contribution < 1.29 is 14.9 Å². The summed E-state index contributed by atoms with van der Waals surface area (Å²) >= 11 is 0. The molecular formula is C11H16N2O5. The number of hydrogen-bond donors (Lipinski definition) is 3. The van der Waals surface area contributed by atoms with Crippen molar-refractivity contribution in [3.63, 3.8) is 0 Å². The molecule has 0 bridgehead atoms. The van der Waals surface area contributed by atoms with Gasteiger partial charge in [-0.15, -0.1) is 0 Å². The Morgan fingerprint density at radius 1 is 1.56 bits per heavy atom. The molecule has 0 amide bonds. The van der Waals surface area contributed by atoms with E-state index in [1.807, 2.05) is 0 Å². The van der Waals surface area contributed by atoms with Crippen molar-refractivity contribution in [2.75, 3.05) is 13.2 Å². The quantitative estimate of drug-likeness (QED) is 0.612. The molecule has 7 nitrogen and oxygen atoms in total. The number of nitrogens with zero attached hydrogens (tertiary/aromatic N) is 1. The summed E-state index contributed by atoms with van der Waals surface area (Å²) in [4.78, 5) is 25.1. The number of hydrogen-bond acceptors (Lipinski definition) is 5. The predicted molar refractivity (Wildman–Crippen MR) is 62.5 cm³/mol. The van der Waals surface area contributed by atoms with Gasteiger partial charge in [0.15, 0.2) is 0 Å². The molecule has 1 fully saturated rings. The molecule has 3 atom stereocenters. The van der Waals surface area contributed by atoms with Crippen molar-refractivity contribution >= 4 is 0 Å². The minimum atomic E-state index is -0.875. The summed E-state index contributed by atoms with van der Waals surface area (Å²) in [6.45, 7) is 1.67. The molecule has 1 aromatic heterocycles. The molecular weight excluding hydrogens is 240 g/mol. The van der Waals surface area contributed by atoms with Crippen LogP contribution in [-0.4, -0.2) is 45.2 Å². The van der Waals surface area contributed by atoms with Gasteiger partial charge in [-0.2, -0.15) is 0 Å². The third-order valence-corrected chi connectivity index (χ3v) is 3.17. The molecule has 18 heavy (non-hydrogen) atoms. The molecule has 7 heteroatoms. The van der Waals surface area contributed by atoms with Crippen molar-refractivity contribution in [1.82, 2.24) is 9.55 Å². The molecule has 0 aliphatic carbocycles. The van der Waals surface area contributed by atoms with E-state index in [-0.39, 0.29) is 13.2 Å². The van der Waals surface area contributed by atoms with Crippen molar-refractivity contribution in [3.8, 4) is 0 Å². The fourth-order valence-corrected chi connectivity index (χ4v) is 2.13. The molecule has 1 aliphatic rings. The van der Waals surface area contributed by atoms with Crippen LogP contribution in [0.2, 0.25) is 0 Å². The van der Waals surface area contributed by atoms with Crippen LogP contribution >= 0.6 is 0 Å². The Kier molecular flexibility index (Phi) is 3.65. The van der Waals surface area contributed by atoms with Gasteiger partial charge in [0, 0.05) is 18.4 Å². The Labute approximate surface area is 103 Å². The highest BCUT2D eigenvalue weighted by Crippen LogP contribution is 2.25. The number of rotatable bonds is 3. The largest absolute Gasteiger partial charge is 0.396 e. The van der Waals surface area contributed by atoms with Gasteiger partial charge in [-0.1, -0.05) is 0 Å². The van der Waals surface area contributed by atoms with Gasteiger partial charge in [0.05, 0.1) is 18.8 Å². The number of nitrogens with one attached hydrogen (secondary N) is 1. The molecule has 0 radical (unpaired) electrons. The van der Waals surface area contributed by atoms with Crippen LogP contribution in [0.3, 0.4) is 0 Å². The van der Waals surface area contributed by atoms with E-state index in [0.29, 0.717) is 12.0 Å². The maximum atomic E-state index is 11.7. The summed E-state index contributed by atoms with van der Waals surface area (Å²) in [6.07, 6.45) is 0.369. The van der Waals surface area contributed by atoms with Gasteiger partial charge in [-0.3, -0.25) is 14.3 Å². The SMILES string of the molecule is Cc1cn([C@@H]2CO[C@H](CCO)[C@H]2O)c(=O)[nH]c1=O. The zero-order valence-electron chi connectivity index (χ0n) is 10.00. The Morgan fingerprint density at radius 3 is 2.94 bits per heavy atom.